The number of carboxylic acid groups (broad SMARTS) is 1. The molecule has 3 aromatic carbocycles. The van der Waals surface area contributed by atoms with Crippen LogP contribution in [0, 0.1) is 13.8 Å². The number of carbonyl (C=O) groups excluding carboxylic acids is 2. The number of rotatable bonds is 6. The van der Waals surface area contributed by atoms with Crippen LogP contribution in [0.25, 0.3) is 0 Å². The van der Waals surface area contributed by atoms with Crippen molar-refractivity contribution in [2.75, 3.05) is 6.61 Å². The summed E-state index contributed by atoms with van der Waals surface area (Å²) in [6.07, 6.45) is 0. The van der Waals surface area contributed by atoms with Crippen LogP contribution in [-0.4, -0.2) is 34.4 Å². The molecule has 0 fully saturated rings. The van der Waals surface area contributed by atoms with Crippen molar-refractivity contribution in [2.45, 2.75) is 19.9 Å². The van der Waals surface area contributed by atoms with E-state index in [2.05, 4.69) is 0 Å². The van der Waals surface area contributed by atoms with Crippen LogP contribution in [-0.2, 0) is 0 Å². The number of nitrogens with zero attached hydrogens (tertiary/aromatic N) is 1. The minimum Gasteiger partial charge on any atom is -0.491 e. The second-order valence-electron chi connectivity index (χ2n) is 7.61. The van der Waals surface area contributed by atoms with Gasteiger partial charge in [0.25, 0.3) is 11.8 Å². The summed E-state index contributed by atoms with van der Waals surface area (Å²) >= 11 is 0. The van der Waals surface area contributed by atoms with Gasteiger partial charge >= 0.3 is 5.97 Å². The molecule has 1 heterocycles. The fraction of sp³-hybridized carbons (Fsp3) is 0.160. The van der Waals surface area contributed by atoms with E-state index in [1.807, 2.05) is 62.4 Å². The van der Waals surface area contributed by atoms with Crippen LogP contribution < -0.4 is 4.74 Å². The molecule has 1 aliphatic heterocycles. The van der Waals surface area contributed by atoms with Crippen molar-refractivity contribution in [3.8, 4) is 5.75 Å². The lowest BCUT2D eigenvalue weighted by molar-refractivity contribution is 0.0529. The normalized spacial score (nSPS) is 13.8. The molecule has 0 saturated heterocycles. The largest absolute Gasteiger partial charge is 0.491 e. The number of carbonyl (C=O) groups is 3. The third-order valence-electron chi connectivity index (χ3n) is 5.26. The molecule has 1 N–H and O–H groups in total. The summed E-state index contributed by atoms with van der Waals surface area (Å²) in [4.78, 5) is 38.8. The van der Waals surface area contributed by atoms with Crippen LogP contribution >= 0.6 is 0 Å². The summed E-state index contributed by atoms with van der Waals surface area (Å²) in [5, 5.41) is 9.25. The smallest absolute Gasteiger partial charge is 0.335 e. The molecular weight excluding hydrogens is 394 g/mol. The molecule has 156 valence electrons. The van der Waals surface area contributed by atoms with Gasteiger partial charge in [-0.2, -0.15) is 0 Å². The number of ether oxygens (including phenoxy) is 1. The number of amides is 2. The number of imide groups is 1. The monoisotopic (exact) mass is 415 g/mol. The van der Waals surface area contributed by atoms with E-state index in [-0.39, 0.29) is 23.3 Å². The van der Waals surface area contributed by atoms with Crippen molar-refractivity contribution in [2.24, 2.45) is 0 Å². The minimum absolute atomic E-state index is 0.0375. The van der Waals surface area contributed by atoms with E-state index < -0.39 is 23.8 Å². The first-order chi connectivity index (χ1) is 14.8. The van der Waals surface area contributed by atoms with Crippen molar-refractivity contribution in [3.05, 3.63) is 100 Å². The molecule has 0 radical (unpaired) electrons. The Labute approximate surface area is 179 Å². The SMILES string of the molecule is Cc1cc(C)cc(OC[C@@H](c2ccccc2)N2C(=O)c3ccc(C(=O)O)cc3C2=O)c1. The van der Waals surface area contributed by atoms with Crippen molar-refractivity contribution >= 4 is 17.8 Å². The average molecular weight is 415 g/mol. The van der Waals surface area contributed by atoms with Gasteiger partial charge < -0.3 is 9.84 Å². The molecule has 0 bridgehead atoms. The Bertz CT molecular complexity index is 1170. The summed E-state index contributed by atoms with van der Waals surface area (Å²) in [6.45, 7) is 4.02. The first-order valence-electron chi connectivity index (χ1n) is 9.86. The Kier molecular flexibility index (Phi) is 5.29. The highest BCUT2D eigenvalue weighted by molar-refractivity contribution is 6.22. The first kappa shape index (κ1) is 20.3. The predicted molar refractivity (Wildman–Crippen MR) is 114 cm³/mol. The number of fused-ring (bicyclic) bond motifs is 1. The van der Waals surface area contributed by atoms with Gasteiger partial charge in [0.2, 0.25) is 0 Å². The number of hydrogen-bond donors (Lipinski definition) is 1. The van der Waals surface area contributed by atoms with E-state index in [4.69, 9.17) is 4.74 Å². The Morgan fingerprint density at radius 1 is 0.903 bits per heavy atom. The Morgan fingerprint density at radius 3 is 2.19 bits per heavy atom. The van der Waals surface area contributed by atoms with Crippen LogP contribution in [0.5, 0.6) is 5.75 Å². The molecule has 0 aliphatic carbocycles. The summed E-state index contributed by atoms with van der Waals surface area (Å²) in [7, 11) is 0. The maximum absolute atomic E-state index is 13.2. The quantitative estimate of drug-likeness (QED) is 0.603. The fourth-order valence-electron chi connectivity index (χ4n) is 3.86. The summed E-state index contributed by atoms with van der Waals surface area (Å²) in [5.41, 5.74) is 3.10. The van der Waals surface area contributed by atoms with Crippen LogP contribution in [0.1, 0.15) is 53.8 Å². The minimum atomic E-state index is -1.15. The number of aryl methyl sites for hydroxylation is 2. The van der Waals surface area contributed by atoms with E-state index in [0.717, 1.165) is 21.6 Å². The standard InChI is InChI=1S/C25H21NO5/c1-15-10-16(2)12-19(11-15)31-14-22(17-6-4-3-5-7-17)26-23(27)20-9-8-18(25(29)30)13-21(20)24(26)28/h3-13,22H,14H2,1-2H3,(H,29,30)/t22-/m0/s1. The summed E-state index contributed by atoms with van der Waals surface area (Å²) in [5.74, 6) is -1.49. The first-order valence-corrected chi connectivity index (χ1v) is 9.86. The molecular formula is C25H21NO5. The zero-order valence-electron chi connectivity index (χ0n) is 17.2. The van der Waals surface area contributed by atoms with Gasteiger partial charge in [0.1, 0.15) is 12.4 Å². The highest BCUT2D eigenvalue weighted by Gasteiger charge is 2.41. The number of benzene rings is 3. The van der Waals surface area contributed by atoms with Gasteiger partial charge in [-0.25, -0.2) is 4.79 Å². The van der Waals surface area contributed by atoms with E-state index >= 15 is 0 Å². The van der Waals surface area contributed by atoms with Gasteiger partial charge in [0, 0.05) is 0 Å². The van der Waals surface area contributed by atoms with Gasteiger partial charge in [-0.05, 0) is 60.9 Å². The van der Waals surface area contributed by atoms with E-state index in [1.165, 1.54) is 18.2 Å². The maximum Gasteiger partial charge on any atom is 0.335 e. The van der Waals surface area contributed by atoms with E-state index in [1.54, 1.807) is 0 Å². The van der Waals surface area contributed by atoms with Gasteiger partial charge in [0.15, 0.2) is 0 Å². The van der Waals surface area contributed by atoms with E-state index in [0.29, 0.717) is 5.75 Å². The van der Waals surface area contributed by atoms with Crippen LogP contribution in [0.15, 0.2) is 66.7 Å². The average Bonchev–Trinajstić information content (AvgIpc) is 2.99. The second kappa shape index (κ2) is 8.07. The van der Waals surface area contributed by atoms with E-state index in [9.17, 15) is 19.5 Å². The molecule has 6 nitrogen and oxygen atoms in total. The summed E-state index contributed by atoms with van der Waals surface area (Å²) < 4.78 is 6.01. The predicted octanol–water partition coefficient (Wildman–Crippen LogP) is 4.42. The Morgan fingerprint density at radius 2 is 1.55 bits per heavy atom. The fourth-order valence-corrected chi connectivity index (χ4v) is 3.86. The van der Waals surface area contributed by atoms with Crippen LogP contribution in [0.2, 0.25) is 0 Å². The highest BCUT2D eigenvalue weighted by Crippen LogP contribution is 2.33. The molecule has 1 aliphatic rings. The molecule has 3 aromatic rings. The third-order valence-corrected chi connectivity index (χ3v) is 5.26. The molecule has 0 saturated carbocycles. The second-order valence-corrected chi connectivity index (χ2v) is 7.61. The lowest BCUT2D eigenvalue weighted by Gasteiger charge is -2.27. The molecule has 1 atom stereocenters. The Balaban J connectivity index is 1.69. The lowest BCUT2D eigenvalue weighted by atomic mass is 10.1. The van der Waals surface area contributed by atoms with Gasteiger partial charge in [0.05, 0.1) is 22.7 Å². The molecule has 6 heteroatoms. The molecule has 0 unspecified atom stereocenters. The van der Waals surface area contributed by atoms with Crippen molar-refractivity contribution in [3.63, 3.8) is 0 Å². The number of aromatic carboxylic acids is 1. The third kappa shape index (κ3) is 3.92. The number of carboxylic acids is 1. The number of hydrogen-bond acceptors (Lipinski definition) is 4. The maximum atomic E-state index is 13.2. The lowest BCUT2D eigenvalue weighted by Crippen LogP contribution is -2.37. The van der Waals surface area contributed by atoms with Crippen LogP contribution in [0.3, 0.4) is 0 Å². The zero-order chi connectivity index (χ0) is 22.1. The molecule has 2 amide bonds. The van der Waals surface area contributed by atoms with Crippen molar-refractivity contribution in [1.82, 2.24) is 4.90 Å². The highest BCUT2D eigenvalue weighted by atomic mass is 16.5. The molecule has 0 spiro atoms. The van der Waals surface area contributed by atoms with Gasteiger partial charge in [-0.15, -0.1) is 0 Å². The van der Waals surface area contributed by atoms with Gasteiger partial charge in [-0.3, -0.25) is 14.5 Å². The molecule has 31 heavy (non-hydrogen) atoms. The van der Waals surface area contributed by atoms with Crippen molar-refractivity contribution in [1.29, 1.82) is 0 Å². The topological polar surface area (TPSA) is 83.9 Å². The zero-order valence-corrected chi connectivity index (χ0v) is 17.2. The molecule has 4 rings (SSSR count). The summed E-state index contributed by atoms with van der Waals surface area (Å²) in [6, 6.07) is 18.3. The molecule has 0 aromatic heterocycles. The van der Waals surface area contributed by atoms with Crippen LogP contribution in [0.4, 0.5) is 0 Å². The van der Waals surface area contributed by atoms with Crippen molar-refractivity contribution < 1.29 is 24.2 Å². The Hall–Kier alpha value is -3.93. The van der Waals surface area contributed by atoms with Gasteiger partial charge in [-0.1, -0.05) is 36.4 Å².